The molecule has 2 atom stereocenters. The van der Waals surface area contributed by atoms with E-state index < -0.39 is 0 Å². The number of nitrogens with zero attached hydrogens (tertiary/aromatic N) is 1. The number of rotatable bonds is 6. The number of carbonyl (C=O) groups is 1. The van der Waals surface area contributed by atoms with Gasteiger partial charge in [0.05, 0.1) is 11.7 Å². The van der Waals surface area contributed by atoms with Crippen molar-refractivity contribution in [3.63, 3.8) is 0 Å². The van der Waals surface area contributed by atoms with Crippen LogP contribution >= 0.6 is 0 Å². The minimum Gasteiger partial charge on any atom is -0.361 e. The number of amides is 1. The van der Waals surface area contributed by atoms with Crippen LogP contribution in [0.4, 0.5) is 0 Å². The standard InChI is InChI=1S/C13H23N3O2/c1-6-7-14-13(17)10(4)15-8(2)12-9(3)16-18-11(12)5/h8,10,15H,6-7H2,1-5H3,(H,14,17). The lowest BCUT2D eigenvalue weighted by atomic mass is 10.1. The summed E-state index contributed by atoms with van der Waals surface area (Å²) in [6.07, 6.45) is 0.942. The fourth-order valence-electron chi connectivity index (χ4n) is 2.04. The summed E-state index contributed by atoms with van der Waals surface area (Å²) in [5, 5.41) is 10.1. The normalized spacial score (nSPS) is 14.3. The molecule has 0 aliphatic heterocycles. The average Bonchev–Trinajstić information content (AvgIpc) is 2.65. The van der Waals surface area contributed by atoms with Crippen molar-refractivity contribution >= 4 is 5.91 Å². The molecule has 0 aliphatic rings. The summed E-state index contributed by atoms with van der Waals surface area (Å²) < 4.78 is 5.13. The number of nitrogens with one attached hydrogen (secondary N) is 2. The SMILES string of the molecule is CCCNC(=O)C(C)NC(C)c1c(C)noc1C. The lowest BCUT2D eigenvalue weighted by Gasteiger charge is -2.19. The molecule has 1 amide bonds. The number of aryl methyl sites for hydroxylation is 2. The van der Waals surface area contributed by atoms with Crippen molar-refractivity contribution in [2.75, 3.05) is 6.54 Å². The average molecular weight is 253 g/mol. The van der Waals surface area contributed by atoms with Crippen LogP contribution in [0.25, 0.3) is 0 Å². The monoisotopic (exact) mass is 253 g/mol. The maximum atomic E-state index is 11.8. The van der Waals surface area contributed by atoms with Gasteiger partial charge in [-0.1, -0.05) is 12.1 Å². The van der Waals surface area contributed by atoms with Gasteiger partial charge in [0.25, 0.3) is 0 Å². The van der Waals surface area contributed by atoms with E-state index in [1.54, 1.807) is 0 Å². The fraction of sp³-hybridized carbons (Fsp3) is 0.692. The Morgan fingerprint density at radius 3 is 2.56 bits per heavy atom. The molecule has 2 unspecified atom stereocenters. The number of aromatic nitrogens is 1. The van der Waals surface area contributed by atoms with E-state index in [0.717, 1.165) is 23.4 Å². The zero-order valence-electron chi connectivity index (χ0n) is 11.8. The number of hydrogen-bond donors (Lipinski definition) is 2. The first-order valence-electron chi connectivity index (χ1n) is 6.43. The summed E-state index contributed by atoms with van der Waals surface area (Å²) in [7, 11) is 0. The van der Waals surface area contributed by atoms with Crippen molar-refractivity contribution in [2.45, 2.75) is 53.1 Å². The van der Waals surface area contributed by atoms with Gasteiger partial charge in [-0.05, 0) is 34.1 Å². The van der Waals surface area contributed by atoms with E-state index in [1.165, 1.54) is 0 Å². The third kappa shape index (κ3) is 3.57. The van der Waals surface area contributed by atoms with Crippen LogP contribution in [0.15, 0.2) is 4.52 Å². The highest BCUT2D eigenvalue weighted by molar-refractivity contribution is 5.81. The second-order valence-electron chi connectivity index (χ2n) is 4.64. The van der Waals surface area contributed by atoms with Crippen LogP contribution in [-0.4, -0.2) is 23.7 Å². The van der Waals surface area contributed by atoms with Gasteiger partial charge in [0, 0.05) is 18.2 Å². The van der Waals surface area contributed by atoms with Crippen LogP contribution in [0.2, 0.25) is 0 Å². The van der Waals surface area contributed by atoms with Crippen LogP contribution < -0.4 is 10.6 Å². The van der Waals surface area contributed by atoms with Gasteiger partial charge < -0.3 is 9.84 Å². The van der Waals surface area contributed by atoms with Crippen molar-refractivity contribution in [1.82, 2.24) is 15.8 Å². The molecule has 1 aromatic heterocycles. The second kappa shape index (κ2) is 6.54. The second-order valence-corrected chi connectivity index (χ2v) is 4.64. The summed E-state index contributed by atoms with van der Waals surface area (Å²) in [6, 6.07) is -0.195. The van der Waals surface area contributed by atoms with Crippen LogP contribution in [-0.2, 0) is 4.79 Å². The van der Waals surface area contributed by atoms with E-state index >= 15 is 0 Å². The molecule has 1 aromatic rings. The van der Waals surface area contributed by atoms with Crippen molar-refractivity contribution < 1.29 is 9.32 Å². The molecule has 0 aliphatic carbocycles. The van der Waals surface area contributed by atoms with Crippen LogP contribution in [0.1, 0.15) is 50.3 Å². The van der Waals surface area contributed by atoms with Crippen molar-refractivity contribution in [1.29, 1.82) is 0 Å². The molecule has 0 aromatic carbocycles. The summed E-state index contributed by atoms with van der Waals surface area (Å²) >= 11 is 0. The Morgan fingerprint density at radius 2 is 2.06 bits per heavy atom. The smallest absolute Gasteiger partial charge is 0.236 e. The molecule has 5 heteroatoms. The first kappa shape index (κ1) is 14.7. The molecular weight excluding hydrogens is 230 g/mol. The summed E-state index contributed by atoms with van der Waals surface area (Å²) in [6.45, 7) is 10.4. The fourth-order valence-corrected chi connectivity index (χ4v) is 2.04. The predicted octanol–water partition coefficient (Wildman–Crippen LogP) is 1.86. The quantitative estimate of drug-likeness (QED) is 0.812. The molecule has 1 heterocycles. The molecule has 0 bridgehead atoms. The van der Waals surface area contributed by atoms with Crippen LogP contribution in [0.3, 0.4) is 0 Å². The molecule has 0 saturated carbocycles. The Hall–Kier alpha value is -1.36. The number of hydrogen-bond acceptors (Lipinski definition) is 4. The maximum absolute atomic E-state index is 11.8. The van der Waals surface area contributed by atoms with Crippen molar-refractivity contribution in [2.24, 2.45) is 0 Å². The molecule has 0 spiro atoms. The Balaban J connectivity index is 2.59. The zero-order chi connectivity index (χ0) is 13.7. The lowest BCUT2D eigenvalue weighted by Crippen LogP contribution is -2.43. The number of carbonyl (C=O) groups excluding carboxylic acids is 1. The Bertz CT molecular complexity index is 381. The van der Waals surface area contributed by atoms with E-state index in [9.17, 15) is 4.79 Å². The molecule has 5 nitrogen and oxygen atoms in total. The minimum atomic E-state index is -0.236. The van der Waals surface area contributed by atoms with Gasteiger partial charge in [-0.2, -0.15) is 0 Å². The van der Waals surface area contributed by atoms with E-state index in [4.69, 9.17) is 4.52 Å². The molecular formula is C13H23N3O2. The van der Waals surface area contributed by atoms with Gasteiger partial charge in [0.1, 0.15) is 5.76 Å². The molecule has 1 rings (SSSR count). The first-order chi connectivity index (χ1) is 8.47. The summed E-state index contributed by atoms with van der Waals surface area (Å²) in [4.78, 5) is 11.8. The zero-order valence-corrected chi connectivity index (χ0v) is 11.8. The molecule has 2 N–H and O–H groups in total. The summed E-state index contributed by atoms with van der Waals surface area (Å²) in [5.41, 5.74) is 1.90. The van der Waals surface area contributed by atoms with Gasteiger partial charge >= 0.3 is 0 Å². The van der Waals surface area contributed by atoms with Gasteiger partial charge in [0.2, 0.25) is 5.91 Å². The Morgan fingerprint density at radius 1 is 1.39 bits per heavy atom. The minimum absolute atomic E-state index is 0.0236. The van der Waals surface area contributed by atoms with Crippen molar-refractivity contribution in [3.8, 4) is 0 Å². The highest BCUT2D eigenvalue weighted by Crippen LogP contribution is 2.21. The van der Waals surface area contributed by atoms with E-state index in [1.807, 2.05) is 34.6 Å². The predicted molar refractivity (Wildman–Crippen MR) is 70.3 cm³/mol. The van der Waals surface area contributed by atoms with E-state index in [0.29, 0.717) is 6.54 Å². The molecule has 18 heavy (non-hydrogen) atoms. The van der Waals surface area contributed by atoms with E-state index in [-0.39, 0.29) is 18.0 Å². The van der Waals surface area contributed by atoms with Crippen LogP contribution in [0.5, 0.6) is 0 Å². The van der Waals surface area contributed by atoms with Crippen LogP contribution in [0, 0.1) is 13.8 Å². The lowest BCUT2D eigenvalue weighted by molar-refractivity contribution is -0.122. The maximum Gasteiger partial charge on any atom is 0.236 e. The van der Waals surface area contributed by atoms with Gasteiger partial charge in [-0.3, -0.25) is 10.1 Å². The molecule has 0 radical (unpaired) electrons. The molecule has 0 saturated heterocycles. The van der Waals surface area contributed by atoms with Gasteiger partial charge in [0.15, 0.2) is 0 Å². The third-order valence-corrected chi connectivity index (χ3v) is 2.96. The van der Waals surface area contributed by atoms with Crippen molar-refractivity contribution in [3.05, 3.63) is 17.0 Å². The molecule has 0 fully saturated rings. The Kier molecular flexibility index (Phi) is 5.34. The van der Waals surface area contributed by atoms with E-state index in [2.05, 4.69) is 15.8 Å². The largest absolute Gasteiger partial charge is 0.361 e. The third-order valence-electron chi connectivity index (χ3n) is 2.96. The van der Waals surface area contributed by atoms with Gasteiger partial charge in [-0.25, -0.2) is 0 Å². The first-order valence-corrected chi connectivity index (χ1v) is 6.43. The highest BCUT2D eigenvalue weighted by atomic mass is 16.5. The van der Waals surface area contributed by atoms with Gasteiger partial charge in [-0.15, -0.1) is 0 Å². The molecule has 102 valence electrons. The summed E-state index contributed by atoms with van der Waals surface area (Å²) in [5.74, 6) is 0.823. The highest BCUT2D eigenvalue weighted by Gasteiger charge is 2.20. The Labute approximate surface area is 108 Å². The topological polar surface area (TPSA) is 67.2 Å².